The first-order chi connectivity index (χ1) is 13.4. The smallest absolute Gasteiger partial charge is 0.0490 e. The lowest BCUT2D eigenvalue weighted by molar-refractivity contribution is 0.133. The summed E-state index contributed by atoms with van der Waals surface area (Å²) in [6, 6.07) is 0.631. The molecule has 2 nitrogen and oxygen atoms in total. The lowest BCUT2D eigenvalue weighted by Crippen LogP contribution is -2.44. The average Bonchev–Trinajstić information content (AvgIpc) is 2.73. The number of rotatable bonds is 4. The molecular formula is C25H38N2. The summed E-state index contributed by atoms with van der Waals surface area (Å²) in [5, 5.41) is 2.47. The van der Waals surface area contributed by atoms with E-state index in [9.17, 15) is 0 Å². The highest BCUT2D eigenvalue weighted by Crippen LogP contribution is 2.20. The summed E-state index contributed by atoms with van der Waals surface area (Å²) in [6.45, 7) is 3.29. The fourth-order valence-electron chi connectivity index (χ4n) is 3.77. The molecule has 0 saturated heterocycles. The van der Waals surface area contributed by atoms with Crippen molar-refractivity contribution in [3.63, 3.8) is 0 Å². The molecule has 0 amide bonds. The molecule has 0 spiro atoms. The van der Waals surface area contributed by atoms with E-state index in [1.165, 1.54) is 64.2 Å². The normalized spacial score (nSPS) is 25.3. The van der Waals surface area contributed by atoms with Gasteiger partial charge in [0.15, 0.2) is 0 Å². The van der Waals surface area contributed by atoms with Crippen molar-refractivity contribution in [3.05, 3.63) is 72.5 Å². The van der Waals surface area contributed by atoms with E-state index in [4.69, 9.17) is 0 Å². The summed E-state index contributed by atoms with van der Waals surface area (Å²) >= 11 is 0. The van der Waals surface area contributed by atoms with E-state index < -0.39 is 0 Å². The molecule has 0 aliphatic heterocycles. The summed E-state index contributed by atoms with van der Waals surface area (Å²) in [4.78, 5) is 0. The first kappa shape index (κ1) is 21.5. The van der Waals surface area contributed by atoms with Gasteiger partial charge in [0.25, 0.3) is 0 Å². The van der Waals surface area contributed by atoms with Crippen molar-refractivity contribution in [2.75, 3.05) is 6.54 Å². The molecule has 1 N–H and O–H groups in total. The van der Waals surface area contributed by atoms with Crippen molar-refractivity contribution >= 4 is 0 Å². The Morgan fingerprint density at radius 1 is 0.704 bits per heavy atom. The van der Waals surface area contributed by atoms with Crippen LogP contribution in [0.15, 0.2) is 72.5 Å². The summed E-state index contributed by atoms with van der Waals surface area (Å²) in [7, 11) is 0. The molecular weight excluding hydrogens is 328 g/mol. The Kier molecular flexibility index (Phi) is 11.4. The van der Waals surface area contributed by atoms with Gasteiger partial charge in [0.05, 0.1) is 0 Å². The van der Waals surface area contributed by atoms with Crippen molar-refractivity contribution < 1.29 is 0 Å². The molecule has 1 saturated carbocycles. The third-order valence-corrected chi connectivity index (χ3v) is 5.32. The Morgan fingerprint density at radius 2 is 1.19 bits per heavy atom. The van der Waals surface area contributed by atoms with Crippen molar-refractivity contribution in [2.24, 2.45) is 0 Å². The van der Waals surface area contributed by atoms with Gasteiger partial charge in [0.1, 0.15) is 0 Å². The minimum Gasteiger partial charge on any atom is -0.319 e. The van der Waals surface area contributed by atoms with Crippen LogP contribution in [-0.2, 0) is 0 Å². The van der Waals surface area contributed by atoms with Gasteiger partial charge in [-0.3, -0.25) is 0 Å². The summed E-state index contributed by atoms with van der Waals surface area (Å²) < 4.78 is 0. The van der Waals surface area contributed by atoms with Gasteiger partial charge < -0.3 is 5.43 Å². The number of hydrazine groups is 1. The maximum atomic E-state index is 3.71. The van der Waals surface area contributed by atoms with Crippen LogP contribution in [0.3, 0.4) is 0 Å². The molecule has 0 aromatic carbocycles. The third-order valence-electron chi connectivity index (χ3n) is 5.32. The first-order valence-electron chi connectivity index (χ1n) is 11.0. The summed E-state index contributed by atoms with van der Waals surface area (Å²) in [5.41, 5.74) is 4.85. The van der Waals surface area contributed by atoms with E-state index in [1.54, 1.807) is 0 Å². The third kappa shape index (κ3) is 9.63. The van der Waals surface area contributed by atoms with E-state index in [0.717, 1.165) is 12.2 Å². The van der Waals surface area contributed by atoms with Crippen molar-refractivity contribution in [1.82, 2.24) is 10.4 Å². The van der Waals surface area contributed by atoms with Crippen LogP contribution in [0.5, 0.6) is 0 Å². The predicted molar refractivity (Wildman–Crippen MR) is 119 cm³/mol. The molecule has 2 rings (SSSR count). The quantitative estimate of drug-likeness (QED) is 0.552. The van der Waals surface area contributed by atoms with Crippen molar-refractivity contribution in [1.29, 1.82) is 0 Å². The van der Waals surface area contributed by atoms with Crippen LogP contribution in [0.2, 0.25) is 0 Å². The van der Waals surface area contributed by atoms with E-state index >= 15 is 0 Å². The first-order valence-corrected chi connectivity index (χ1v) is 11.0. The van der Waals surface area contributed by atoms with Gasteiger partial charge in [-0.05, 0) is 25.0 Å². The second-order valence-electron chi connectivity index (χ2n) is 7.48. The number of allylic oxidation sites excluding steroid dienone is 11. The SMILES string of the molecule is CCN(NC1=C\C=C/C=C\C=C/C=C\C=C1)C1CCCCCCCCCC1. The number of hydrogen-bond acceptors (Lipinski definition) is 2. The molecule has 0 aromatic rings. The van der Waals surface area contributed by atoms with Gasteiger partial charge in [-0.1, -0.05) is 113 Å². The van der Waals surface area contributed by atoms with Crippen LogP contribution >= 0.6 is 0 Å². The molecule has 2 heteroatoms. The lowest BCUT2D eigenvalue weighted by atomic mass is 10.0. The molecule has 0 bridgehead atoms. The fraction of sp³-hybridized carbons (Fsp3) is 0.520. The lowest BCUT2D eigenvalue weighted by Gasteiger charge is -2.32. The van der Waals surface area contributed by atoms with Gasteiger partial charge in [-0.2, -0.15) is 0 Å². The zero-order valence-corrected chi connectivity index (χ0v) is 17.2. The molecule has 2 aliphatic carbocycles. The van der Waals surface area contributed by atoms with Gasteiger partial charge in [0.2, 0.25) is 0 Å². The molecule has 0 atom stereocenters. The van der Waals surface area contributed by atoms with E-state index in [1.807, 2.05) is 18.2 Å². The Hall–Kier alpha value is -1.80. The van der Waals surface area contributed by atoms with Crippen LogP contribution in [-0.4, -0.2) is 17.6 Å². The number of hydrogen-bond donors (Lipinski definition) is 1. The maximum absolute atomic E-state index is 3.71. The zero-order chi connectivity index (χ0) is 19.0. The molecule has 0 aromatic heterocycles. The Morgan fingerprint density at radius 3 is 1.74 bits per heavy atom. The van der Waals surface area contributed by atoms with Crippen molar-refractivity contribution in [3.8, 4) is 0 Å². The Bertz CT molecular complexity index is 551. The summed E-state index contributed by atoms with van der Waals surface area (Å²) in [6.07, 6.45) is 36.8. The molecule has 27 heavy (non-hydrogen) atoms. The van der Waals surface area contributed by atoms with Crippen LogP contribution in [0.4, 0.5) is 0 Å². The molecule has 0 heterocycles. The average molecular weight is 367 g/mol. The van der Waals surface area contributed by atoms with Crippen LogP contribution < -0.4 is 5.43 Å². The largest absolute Gasteiger partial charge is 0.319 e. The van der Waals surface area contributed by atoms with Gasteiger partial charge in [0, 0.05) is 18.3 Å². The highest BCUT2D eigenvalue weighted by atomic mass is 15.5. The topological polar surface area (TPSA) is 15.3 Å². The minimum absolute atomic E-state index is 0.631. The van der Waals surface area contributed by atoms with Crippen LogP contribution in [0.1, 0.15) is 71.1 Å². The van der Waals surface area contributed by atoms with E-state index in [2.05, 4.69) is 66.0 Å². The molecule has 0 unspecified atom stereocenters. The van der Waals surface area contributed by atoms with Crippen LogP contribution in [0.25, 0.3) is 0 Å². The fourth-order valence-corrected chi connectivity index (χ4v) is 3.77. The second-order valence-corrected chi connectivity index (χ2v) is 7.48. The Balaban J connectivity index is 2.03. The van der Waals surface area contributed by atoms with Crippen molar-refractivity contribution in [2.45, 2.75) is 77.2 Å². The maximum Gasteiger partial charge on any atom is 0.0490 e. The minimum atomic E-state index is 0.631. The highest BCUT2D eigenvalue weighted by molar-refractivity contribution is 5.28. The molecule has 0 radical (unpaired) electrons. The second kappa shape index (κ2) is 14.3. The predicted octanol–water partition coefficient (Wildman–Crippen LogP) is 6.77. The molecule has 2 aliphatic rings. The van der Waals surface area contributed by atoms with Crippen LogP contribution in [0, 0.1) is 0 Å². The van der Waals surface area contributed by atoms with E-state index in [-0.39, 0.29) is 0 Å². The molecule has 1 fully saturated rings. The van der Waals surface area contributed by atoms with Gasteiger partial charge >= 0.3 is 0 Å². The monoisotopic (exact) mass is 366 g/mol. The van der Waals surface area contributed by atoms with Gasteiger partial charge in [-0.15, -0.1) is 0 Å². The number of nitrogens with zero attached hydrogens (tertiary/aromatic N) is 1. The van der Waals surface area contributed by atoms with E-state index in [0.29, 0.717) is 6.04 Å². The highest BCUT2D eigenvalue weighted by Gasteiger charge is 2.17. The number of nitrogens with one attached hydrogen (secondary N) is 1. The Labute approximate surface area is 167 Å². The molecule has 148 valence electrons. The standard InChI is InChI=1S/C25H38N2/c1-2-27(25-22-18-14-10-6-7-11-15-19-23-25)26-24-20-16-12-8-4-3-5-9-13-17-21-24/h3-5,8-9,12-13,16-17,20-21,25-26H,2,6-7,10-11,14-15,18-19,22-23H2,1H3/b4-3-,5-3?,8-4?,9-5-,12-8-,13-9?,16-12?,17-13-,20-16?,21-17?,24-20?,24-21?. The zero-order valence-electron chi connectivity index (χ0n) is 17.2. The van der Waals surface area contributed by atoms with Gasteiger partial charge in [-0.25, -0.2) is 5.01 Å². The summed E-state index contributed by atoms with van der Waals surface area (Å²) in [5.74, 6) is 0.